The minimum absolute atomic E-state index is 0.636. The fourth-order valence-corrected chi connectivity index (χ4v) is 5.60. The molecule has 0 radical (unpaired) electrons. The van der Waals surface area contributed by atoms with Gasteiger partial charge in [-0.1, -0.05) is 41.9 Å². The van der Waals surface area contributed by atoms with E-state index in [2.05, 4.69) is 66.9 Å². The van der Waals surface area contributed by atoms with E-state index in [1.807, 2.05) is 42.8 Å². The van der Waals surface area contributed by atoms with Gasteiger partial charge in [-0.3, -0.25) is 10.9 Å². The fourth-order valence-electron chi connectivity index (χ4n) is 4.96. The molecule has 2 saturated heterocycles. The molecule has 204 valence electrons. The molecule has 0 aliphatic carbocycles. The van der Waals surface area contributed by atoms with E-state index in [0.29, 0.717) is 15.2 Å². The Hall–Kier alpha value is -2.89. The van der Waals surface area contributed by atoms with Gasteiger partial charge in [-0.25, -0.2) is 0 Å². The number of halogens is 1. The fraction of sp³-hybridized carbons (Fsp3) is 0.357. The van der Waals surface area contributed by atoms with Crippen LogP contribution in [-0.2, 0) is 0 Å². The van der Waals surface area contributed by atoms with Crippen molar-refractivity contribution < 1.29 is 0 Å². The normalized spacial score (nSPS) is 17.5. The number of hydrogen-bond acceptors (Lipinski definition) is 6. The Morgan fingerprint density at radius 3 is 1.62 bits per heavy atom. The molecule has 0 bridgehead atoms. The zero-order valence-electron chi connectivity index (χ0n) is 22.2. The highest BCUT2D eigenvalue weighted by Crippen LogP contribution is 2.33. The molecule has 2 N–H and O–H groups in total. The third-order valence-corrected chi connectivity index (χ3v) is 8.29. The van der Waals surface area contributed by atoms with Crippen molar-refractivity contribution >= 4 is 80.2 Å². The van der Waals surface area contributed by atoms with Gasteiger partial charge < -0.3 is 19.6 Å². The van der Waals surface area contributed by atoms with Crippen molar-refractivity contribution in [3.63, 3.8) is 0 Å². The van der Waals surface area contributed by atoms with E-state index in [-0.39, 0.29) is 0 Å². The number of rotatable bonds is 4. The van der Waals surface area contributed by atoms with Gasteiger partial charge in [0.25, 0.3) is 0 Å². The number of hydrazone groups is 2. The lowest BCUT2D eigenvalue weighted by molar-refractivity contribution is 0.214. The number of hydrogen-bond donors (Lipinski definition) is 2. The minimum atomic E-state index is 0.636. The van der Waals surface area contributed by atoms with E-state index < -0.39 is 0 Å². The average molecular weight is 581 g/mol. The van der Waals surface area contributed by atoms with Crippen molar-refractivity contribution in [3.05, 3.63) is 58.6 Å². The number of benzene rings is 3. The Bertz CT molecular complexity index is 1430. The summed E-state index contributed by atoms with van der Waals surface area (Å²) in [6.07, 6.45) is 3.69. The highest BCUT2D eigenvalue weighted by atomic mass is 35.5. The molecule has 3 aromatic carbocycles. The number of nitrogens with zero attached hydrogens (tertiary/aromatic N) is 6. The van der Waals surface area contributed by atoms with Crippen LogP contribution in [0.4, 0.5) is 0 Å². The van der Waals surface area contributed by atoms with Crippen LogP contribution in [0.2, 0.25) is 5.02 Å². The van der Waals surface area contributed by atoms with Gasteiger partial charge >= 0.3 is 0 Å². The van der Waals surface area contributed by atoms with E-state index in [0.717, 1.165) is 85.0 Å². The second-order valence-electron chi connectivity index (χ2n) is 9.99. The van der Waals surface area contributed by atoms with Crippen molar-refractivity contribution in [2.45, 2.75) is 0 Å². The maximum absolute atomic E-state index is 6.47. The molecule has 0 aromatic heterocycles. The molecule has 2 aliphatic rings. The van der Waals surface area contributed by atoms with Gasteiger partial charge in [0.2, 0.25) is 0 Å². The van der Waals surface area contributed by atoms with Crippen LogP contribution < -0.4 is 10.9 Å². The molecular formula is C28H33ClN8S2. The highest BCUT2D eigenvalue weighted by molar-refractivity contribution is 7.80. The first-order valence-electron chi connectivity index (χ1n) is 13.1. The molecule has 8 nitrogen and oxygen atoms in total. The smallest absolute Gasteiger partial charge is 0.189 e. The predicted molar refractivity (Wildman–Crippen MR) is 171 cm³/mol. The zero-order chi connectivity index (χ0) is 27.4. The Balaban J connectivity index is 1.43. The van der Waals surface area contributed by atoms with Crippen LogP contribution in [-0.4, -0.2) is 109 Å². The third kappa shape index (κ3) is 6.47. The van der Waals surface area contributed by atoms with Gasteiger partial charge in [-0.2, -0.15) is 10.2 Å². The first-order chi connectivity index (χ1) is 18.9. The second-order valence-corrected chi connectivity index (χ2v) is 11.2. The Morgan fingerprint density at radius 1 is 0.692 bits per heavy atom. The van der Waals surface area contributed by atoms with Gasteiger partial charge in [0.15, 0.2) is 10.2 Å². The Morgan fingerprint density at radius 2 is 1.13 bits per heavy atom. The lowest BCUT2D eigenvalue weighted by Gasteiger charge is -2.33. The van der Waals surface area contributed by atoms with E-state index in [4.69, 9.17) is 36.0 Å². The largest absolute Gasteiger partial charge is 0.345 e. The highest BCUT2D eigenvalue weighted by Gasteiger charge is 2.17. The number of thiocarbonyl (C=S) groups is 2. The van der Waals surface area contributed by atoms with Crippen LogP contribution >= 0.6 is 36.0 Å². The van der Waals surface area contributed by atoms with Crippen LogP contribution in [0.15, 0.2) is 52.7 Å². The van der Waals surface area contributed by atoms with E-state index in [1.165, 1.54) is 0 Å². The van der Waals surface area contributed by atoms with Crippen LogP contribution in [0, 0.1) is 0 Å². The van der Waals surface area contributed by atoms with E-state index in [9.17, 15) is 0 Å². The first kappa shape index (κ1) is 27.7. The number of fused-ring (bicyclic) bond motifs is 2. The summed E-state index contributed by atoms with van der Waals surface area (Å²) in [6.45, 7) is 7.50. The Kier molecular flexibility index (Phi) is 8.89. The third-order valence-electron chi connectivity index (χ3n) is 7.36. The summed E-state index contributed by atoms with van der Waals surface area (Å²) in [6, 6.07) is 14.2. The van der Waals surface area contributed by atoms with Crippen LogP contribution in [0.25, 0.3) is 21.5 Å². The molecule has 2 heterocycles. The Labute approximate surface area is 245 Å². The number of piperazine rings is 2. The van der Waals surface area contributed by atoms with Crippen LogP contribution in [0.5, 0.6) is 0 Å². The molecule has 0 spiro atoms. The lowest BCUT2D eigenvalue weighted by Crippen LogP contribution is -2.49. The quantitative estimate of drug-likeness (QED) is 0.210. The van der Waals surface area contributed by atoms with Gasteiger partial charge in [-0.05, 0) is 72.2 Å². The topological polar surface area (TPSA) is 61.7 Å². The molecule has 3 aromatic rings. The lowest BCUT2D eigenvalue weighted by atomic mass is 9.92. The van der Waals surface area contributed by atoms with Crippen LogP contribution in [0.3, 0.4) is 0 Å². The van der Waals surface area contributed by atoms with Crippen molar-refractivity contribution in [3.8, 4) is 0 Å². The maximum atomic E-state index is 6.47. The van der Waals surface area contributed by atoms with Gasteiger partial charge in [0.1, 0.15) is 0 Å². The summed E-state index contributed by atoms with van der Waals surface area (Å²) in [7, 11) is 4.25. The zero-order valence-corrected chi connectivity index (χ0v) is 24.6. The summed E-state index contributed by atoms with van der Waals surface area (Å²) in [5.41, 5.74) is 8.10. The summed E-state index contributed by atoms with van der Waals surface area (Å²) < 4.78 is 0. The van der Waals surface area contributed by atoms with Crippen molar-refractivity contribution in [2.75, 3.05) is 66.5 Å². The van der Waals surface area contributed by atoms with E-state index in [1.54, 1.807) is 0 Å². The van der Waals surface area contributed by atoms with E-state index >= 15 is 0 Å². The molecule has 2 fully saturated rings. The summed E-state index contributed by atoms with van der Waals surface area (Å²) in [5, 5.41) is 15.2. The monoisotopic (exact) mass is 580 g/mol. The van der Waals surface area contributed by atoms with Gasteiger partial charge in [0, 0.05) is 68.5 Å². The molecule has 0 unspecified atom stereocenters. The van der Waals surface area contributed by atoms with Crippen molar-refractivity contribution in [1.29, 1.82) is 0 Å². The molecule has 11 heteroatoms. The maximum Gasteiger partial charge on any atom is 0.189 e. The minimum Gasteiger partial charge on any atom is -0.345 e. The van der Waals surface area contributed by atoms with Gasteiger partial charge in [0.05, 0.1) is 12.4 Å². The molecule has 0 amide bonds. The van der Waals surface area contributed by atoms with Crippen LogP contribution in [0.1, 0.15) is 11.1 Å². The first-order valence-corrected chi connectivity index (χ1v) is 14.3. The molecular weight excluding hydrogens is 548 g/mol. The number of nitrogens with one attached hydrogen (secondary N) is 2. The van der Waals surface area contributed by atoms with Gasteiger partial charge in [-0.15, -0.1) is 0 Å². The second kappa shape index (κ2) is 12.5. The predicted octanol–water partition coefficient (Wildman–Crippen LogP) is 3.56. The van der Waals surface area contributed by atoms with Crippen molar-refractivity contribution in [1.82, 2.24) is 30.5 Å². The average Bonchev–Trinajstić information content (AvgIpc) is 2.94. The van der Waals surface area contributed by atoms with Crippen molar-refractivity contribution in [2.24, 2.45) is 10.2 Å². The standard InChI is InChI=1S/C28H33ClN8S2/c1-34-9-13-36(14-10-34)27(38)32-30-18-25-21-5-3-4-6-22(21)26(24-17-20(29)7-8-23(24)25)19-31-33-28(39)37-15-11-35(2)12-16-37/h3-8,17-19H,9-16H2,1-2H3,(H,32,38)(H,33,39)/b30-18+,31-19+. The summed E-state index contributed by atoms with van der Waals surface area (Å²) in [4.78, 5) is 8.90. The molecule has 0 saturated carbocycles. The molecule has 39 heavy (non-hydrogen) atoms. The summed E-state index contributed by atoms with van der Waals surface area (Å²) in [5.74, 6) is 0. The summed E-state index contributed by atoms with van der Waals surface area (Å²) >= 11 is 17.7. The SMILES string of the molecule is CN1CCN(C(=S)N/N=C/c2c3ccccc3c(/C=N/NC(=S)N3CCN(C)CC3)c3cc(Cl)ccc23)CC1. The number of likely N-dealkylation sites (N-methyl/N-ethyl adjacent to an activating group) is 2. The molecule has 5 rings (SSSR count). The molecule has 0 atom stereocenters. The molecule has 2 aliphatic heterocycles.